The molecule has 0 spiro atoms. The first-order chi connectivity index (χ1) is 19.1. The minimum atomic E-state index is -4.42. The van der Waals surface area contributed by atoms with Gasteiger partial charge in [0.2, 0.25) is 0 Å². The first-order valence-corrected chi connectivity index (χ1v) is 13.9. The zero-order chi connectivity index (χ0) is 28.4. The topological polar surface area (TPSA) is 76.5 Å². The highest BCUT2D eigenvalue weighted by molar-refractivity contribution is 6.00. The molecule has 1 saturated heterocycles. The fraction of sp³-hybridized carbons (Fsp3) is 0.500. The Morgan fingerprint density at radius 1 is 1.05 bits per heavy atom. The monoisotopic (exact) mass is 556 g/mol. The number of halogens is 3. The predicted molar refractivity (Wildman–Crippen MR) is 145 cm³/mol. The average molecular weight is 557 g/mol. The molecule has 0 radical (unpaired) electrons. The molecule has 1 saturated carbocycles. The summed E-state index contributed by atoms with van der Waals surface area (Å²) in [6.45, 7) is 6.89. The molecule has 7 nitrogen and oxygen atoms in total. The molecule has 10 heteroatoms. The van der Waals surface area contributed by atoms with Crippen molar-refractivity contribution in [2.45, 2.75) is 58.4 Å². The van der Waals surface area contributed by atoms with Crippen molar-refractivity contribution in [1.29, 1.82) is 0 Å². The molecule has 214 valence electrons. The van der Waals surface area contributed by atoms with Crippen LogP contribution in [0, 0.1) is 18.8 Å². The van der Waals surface area contributed by atoms with Gasteiger partial charge in [0.05, 0.1) is 17.2 Å². The minimum absolute atomic E-state index is 0.0343. The quantitative estimate of drug-likeness (QED) is 0.380. The van der Waals surface area contributed by atoms with Crippen LogP contribution in [-0.4, -0.2) is 58.8 Å². The van der Waals surface area contributed by atoms with Crippen LogP contribution in [0.3, 0.4) is 0 Å². The molecule has 2 heterocycles. The summed E-state index contributed by atoms with van der Waals surface area (Å²) in [4.78, 5) is 27.4. The second-order valence-corrected chi connectivity index (χ2v) is 11.1. The van der Waals surface area contributed by atoms with Gasteiger partial charge in [0.15, 0.2) is 0 Å². The van der Waals surface area contributed by atoms with E-state index < -0.39 is 11.7 Å². The van der Waals surface area contributed by atoms with Gasteiger partial charge in [-0.3, -0.25) is 14.3 Å². The van der Waals surface area contributed by atoms with E-state index in [9.17, 15) is 22.8 Å². The van der Waals surface area contributed by atoms with E-state index in [2.05, 4.69) is 5.32 Å². The Bertz CT molecular complexity index is 1360. The summed E-state index contributed by atoms with van der Waals surface area (Å²) in [6.07, 6.45) is 1.53. The molecule has 1 aliphatic heterocycles. The summed E-state index contributed by atoms with van der Waals surface area (Å²) >= 11 is 0. The number of aryl methyl sites for hydroxylation is 1. The average Bonchev–Trinajstić information content (AvgIpc) is 3.68. The Morgan fingerprint density at radius 2 is 1.75 bits per heavy atom. The minimum Gasteiger partial charge on any atom is -0.376 e. The van der Waals surface area contributed by atoms with Crippen molar-refractivity contribution < 1.29 is 27.5 Å². The number of benzene rings is 2. The maximum atomic E-state index is 12.9. The normalized spacial score (nSPS) is 17.3. The second kappa shape index (κ2) is 11.6. The molecule has 40 heavy (non-hydrogen) atoms. The zero-order valence-electron chi connectivity index (χ0n) is 22.8. The van der Waals surface area contributed by atoms with E-state index in [0.717, 1.165) is 48.0 Å². The first-order valence-electron chi connectivity index (χ1n) is 13.9. The molecule has 2 amide bonds. The number of rotatable bonds is 9. The van der Waals surface area contributed by atoms with Gasteiger partial charge in [0.25, 0.3) is 11.8 Å². The third kappa shape index (κ3) is 6.66. The van der Waals surface area contributed by atoms with Gasteiger partial charge >= 0.3 is 6.18 Å². The molecule has 1 unspecified atom stereocenters. The number of alkyl halides is 3. The number of piperidine rings is 1. The molecule has 2 aromatic carbocycles. The molecule has 1 N–H and O–H groups in total. The van der Waals surface area contributed by atoms with Gasteiger partial charge in [0.1, 0.15) is 0 Å². The number of carbonyl (C=O) groups excluding carboxylic acids is 2. The van der Waals surface area contributed by atoms with Crippen molar-refractivity contribution in [3.8, 4) is 0 Å². The third-order valence-electron chi connectivity index (χ3n) is 7.92. The Morgan fingerprint density at radius 3 is 2.40 bits per heavy atom. The molecule has 2 fully saturated rings. The lowest BCUT2D eigenvalue weighted by Gasteiger charge is -2.32. The summed E-state index contributed by atoms with van der Waals surface area (Å²) in [7, 11) is 0. The number of ether oxygens (including phenoxy) is 1. The fourth-order valence-electron chi connectivity index (χ4n) is 5.16. The van der Waals surface area contributed by atoms with Gasteiger partial charge < -0.3 is 15.0 Å². The van der Waals surface area contributed by atoms with Gasteiger partial charge in [-0.1, -0.05) is 0 Å². The molecule has 3 aromatic rings. The zero-order valence-corrected chi connectivity index (χ0v) is 22.8. The summed E-state index contributed by atoms with van der Waals surface area (Å²) in [5.41, 5.74) is 1.83. The van der Waals surface area contributed by atoms with E-state index in [1.807, 2.05) is 36.9 Å². The number of amides is 2. The molecular weight excluding hydrogens is 521 g/mol. The Hall–Kier alpha value is -3.40. The first kappa shape index (κ1) is 28.1. The van der Waals surface area contributed by atoms with Crippen LogP contribution in [0.25, 0.3) is 10.9 Å². The van der Waals surface area contributed by atoms with E-state index in [-0.39, 0.29) is 23.5 Å². The van der Waals surface area contributed by atoms with Crippen LogP contribution in [0.2, 0.25) is 0 Å². The van der Waals surface area contributed by atoms with Gasteiger partial charge in [-0.25, -0.2) is 0 Å². The van der Waals surface area contributed by atoms with Crippen molar-refractivity contribution in [3.63, 3.8) is 0 Å². The van der Waals surface area contributed by atoms with Crippen LogP contribution in [0.15, 0.2) is 42.6 Å². The Labute approximate surface area is 231 Å². The molecule has 0 bridgehead atoms. The maximum absolute atomic E-state index is 12.9. The van der Waals surface area contributed by atoms with Crippen molar-refractivity contribution in [2.24, 2.45) is 11.8 Å². The highest BCUT2D eigenvalue weighted by Crippen LogP contribution is 2.30. The van der Waals surface area contributed by atoms with E-state index in [1.165, 1.54) is 25.0 Å². The van der Waals surface area contributed by atoms with Crippen molar-refractivity contribution in [1.82, 2.24) is 20.0 Å². The van der Waals surface area contributed by atoms with Gasteiger partial charge in [-0.15, -0.1) is 0 Å². The summed E-state index contributed by atoms with van der Waals surface area (Å²) in [5, 5.41) is 8.62. The lowest BCUT2D eigenvalue weighted by atomic mass is 9.96. The Kier molecular flexibility index (Phi) is 8.16. The number of nitrogens with zero attached hydrogens (tertiary/aromatic N) is 3. The summed E-state index contributed by atoms with van der Waals surface area (Å²) in [6, 6.07) is 8.06. The van der Waals surface area contributed by atoms with Crippen LogP contribution < -0.4 is 5.32 Å². The van der Waals surface area contributed by atoms with Crippen molar-refractivity contribution in [2.75, 3.05) is 26.2 Å². The number of hydrogen-bond acceptors (Lipinski definition) is 4. The van der Waals surface area contributed by atoms with Crippen LogP contribution in [0.1, 0.15) is 64.4 Å². The van der Waals surface area contributed by atoms with Crippen LogP contribution in [-0.2, 0) is 17.5 Å². The molecule has 1 aliphatic carbocycles. The highest BCUT2D eigenvalue weighted by atomic mass is 19.4. The lowest BCUT2D eigenvalue weighted by molar-refractivity contribution is -0.137. The van der Waals surface area contributed by atoms with Crippen molar-refractivity contribution in [3.05, 3.63) is 64.8 Å². The predicted octanol–water partition coefficient (Wildman–Crippen LogP) is 5.46. The number of nitrogens with one attached hydrogen (secondary N) is 1. The fourth-order valence-corrected chi connectivity index (χ4v) is 5.16. The number of hydrogen-bond donors (Lipinski definition) is 1. The second-order valence-electron chi connectivity index (χ2n) is 11.1. The third-order valence-corrected chi connectivity index (χ3v) is 7.92. The van der Waals surface area contributed by atoms with Crippen LogP contribution in [0.5, 0.6) is 0 Å². The number of fused-ring (bicyclic) bond motifs is 1. The highest BCUT2D eigenvalue weighted by Gasteiger charge is 2.31. The number of likely N-dealkylation sites (tertiary alicyclic amines) is 1. The molecular formula is C30H35F3N4O3. The SMILES string of the molecule is Cc1c(C(=O)NCC(C)OCC2CC2)ccc2nn(CC3CCN(C(=O)c4ccc(C(F)(F)F)cc4)CC3)cc12. The molecule has 2 aliphatic rings. The van der Waals surface area contributed by atoms with E-state index in [4.69, 9.17) is 9.84 Å². The van der Waals surface area contributed by atoms with E-state index in [1.54, 1.807) is 4.90 Å². The van der Waals surface area contributed by atoms with Gasteiger partial charge in [-0.2, -0.15) is 18.3 Å². The molecule has 1 atom stereocenters. The molecule has 5 rings (SSSR count). The van der Waals surface area contributed by atoms with Crippen molar-refractivity contribution >= 4 is 22.7 Å². The number of aromatic nitrogens is 2. The summed E-state index contributed by atoms with van der Waals surface area (Å²) in [5.74, 6) is 0.620. The van der Waals surface area contributed by atoms with Crippen LogP contribution in [0.4, 0.5) is 13.2 Å². The van der Waals surface area contributed by atoms with E-state index >= 15 is 0 Å². The standard InChI is InChI=1S/C30H35F3N4O3/c1-19(40-18-22-3-4-22)15-34-28(38)25-9-10-27-26(20(25)2)17-37(35-27)16-21-11-13-36(14-12-21)29(39)23-5-7-24(8-6-23)30(31,32)33/h5-10,17,19,21-22H,3-4,11-16,18H2,1-2H3,(H,34,38). The smallest absolute Gasteiger partial charge is 0.376 e. The molecule has 1 aromatic heterocycles. The maximum Gasteiger partial charge on any atom is 0.416 e. The van der Waals surface area contributed by atoms with Gasteiger partial charge in [-0.05, 0) is 93.3 Å². The number of carbonyl (C=O) groups is 2. The largest absolute Gasteiger partial charge is 0.416 e. The van der Waals surface area contributed by atoms with Crippen LogP contribution >= 0.6 is 0 Å². The summed E-state index contributed by atoms with van der Waals surface area (Å²) < 4.78 is 46.2. The Balaban J connectivity index is 1.14. The van der Waals surface area contributed by atoms with Gasteiger partial charge in [0, 0.05) is 55.5 Å². The van der Waals surface area contributed by atoms with E-state index in [0.29, 0.717) is 43.6 Å². The lowest BCUT2D eigenvalue weighted by Crippen LogP contribution is -2.39.